The molecule has 0 spiro atoms. The lowest BCUT2D eigenvalue weighted by Crippen LogP contribution is -2.50. The summed E-state index contributed by atoms with van der Waals surface area (Å²) in [6, 6.07) is 3.79. The highest BCUT2D eigenvalue weighted by Crippen LogP contribution is 2.37. The summed E-state index contributed by atoms with van der Waals surface area (Å²) in [6.45, 7) is 17.5. The number of amides is 1. The number of benzene rings is 1. The van der Waals surface area contributed by atoms with Crippen molar-refractivity contribution in [1.82, 2.24) is 4.90 Å². The SMILES string of the molecule is Cc1c(CS(=O)(=O)Cl)cc(B2OC(C)(C)C(C)(C)O2)cc1N1CCN(C(=O)OC(C)(C)C)CC1. The molecule has 34 heavy (non-hydrogen) atoms. The Morgan fingerprint density at radius 3 is 2.09 bits per heavy atom. The van der Waals surface area contributed by atoms with Crippen molar-refractivity contribution in [2.75, 3.05) is 31.1 Å². The lowest BCUT2D eigenvalue weighted by Gasteiger charge is -2.38. The Morgan fingerprint density at radius 1 is 1.09 bits per heavy atom. The van der Waals surface area contributed by atoms with Crippen LogP contribution in [0.4, 0.5) is 10.5 Å². The average Bonchev–Trinajstić information content (AvgIpc) is 2.88. The third kappa shape index (κ3) is 6.19. The monoisotopic (exact) mass is 514 g/mol. The van der Waals surface area contributed by atoms with Crippen molar-refractivity contribution >= 4 is 44.1 Å². The number of hydrogen-bond donors (Lipinski definition) is 0. The molecule has 0 bridgehead atoms. The standard InChI is InChI=1S/C23H36BClN2O6S/c1-16-17(15-34(25,29)30)13-18(24-32-22(5,6)23(7,8)33-24)14-19(16)26-9-11-27(12-10-26)20(28)31-21(2,3)4/h13-14H,9-12,15H2,1-8H3. The summed E-state index contributed by atoms with van der Waals surface area (Å²) in [5.41, 5.74) is 1.45. The molecular formula is C23H36BClN2O6S. The zero-order chi connectivity index (χ0) is 25.7. The van der Waals surface area contributed by atoms with E-state index < -0.39 is 33.0 Å². The van der Waals surface area contributed by atoms with Gasteiger partial charge in [-0.3, -0.25) is 0 Å². The largest absolute Gasteiger partial charge is 0.494 e. The fourth-order valence-electron chi connectivity index (χ4n) is 4.02. The first-order valence-electron chi connectivity index (χ1n) is 11.5. The van der Waals surface area contributed by atoms with Crippen molar-refractivity contribution in [3.63, 3.8) is 0 Å². The van der Waals surface area contributed by atoms with E-state index in [1.54, 1.807) is 11.0 Å². The van der Waals surface area contributed by atoms with Gasteiger partial charge < -0.3 is 23.8 Å². The number of carbonyl (C=O) groups excluding carboxylic acids is 1. The fraction of sp³-hybridized carbons (Fsp3) is 0.696. The second kappa shape index (κ2) is 9.19. The summed E-state index contributed by atoms with van der Waals surface area (Å²) < 4.78 is 41.8. The molecule has 1 aromatic carbocycles. The minimum atomic E-state index is -3.77. The zero-order valence-corrected chi connectivity index (χ0v) is 23.0. The van der Waals surface area contributed by atoms with Crippen molar-refractivity contribution in [2.24, 2.45) is 0 Å². The molecule has 0 radical (unpaired) electrons. The number of nitrogens with zero attached hydrogens (tertiary/aromatic N) is 2. The van der Waals surface area contributed by atoms with Crippen molar-refractivity contribution in [2.45, 2.75) is 77.9 Å². The van der Waals surface area contributed by atoms with Gasteiger partial charge >= 0.3 is 13.2 Å². The van der Waals surface area contributed by atoms with E-state index in [1.165, 1.54) is 0 Å². The van der Waals surface area contributed by atoms with Crippen LogP contribution in [0.2, 0.25) is 0 Å². The molecular weight excluding hydrogens is 479 g/mol. The maximum atomic E-state index is 12.5. The van der Waals surface area contributed by atoms with Gasteiger partial charge in [0.05, 0.1) is 17.0 Å². The van der Waals surface area contributed by atoms with E-state index in [-0.39, 0.29) is 11.8 Å². The molecule has 8 nitrogen and oxygen atoms in total. The molecule has 0 N–H and O–H groups in total. The van der Waals surface area contributed by atoms with Crippen molar-refractivity contribution in [3.8, 4) is 0 Å². The molecule has 11 heteroatoms. The van der Waals surface area contributed by atoms with Crippen LogP contribution in [0, 0.1) is 6.92 Å². The van der Waals surface area contributed by atoms with Crippen LogP contribution in [-0.4, -0.2) is 69.5 Å². The lowest BCUT2D eigenvalue weighted by molar-refractivity contribution is 0.00578. The van der Waals surface area contributed by atoms with Crippen LogP contribution in [0.1, 0.15) is 59.6 Å². The second-order valence-corrected chi connectivity index (χ2v) is 13.8. The lowest BCUT2D eigenvalue weighted by atomic mass is 9.77. The Bertz CT molecular complexity index is 1030. The maximum absolute atomic E-state index is 12.5. The smallest absolute Gasteiger partial charge is 0.444 e. The number of anilines is 1. The van der Waals surface area contributed by atoms with Gasteiger partial charge in [-0.2, -0.15) is 0 Å². The predicted molar refractivity (Wildman–Crippen MR) is 135 cm³/mol. The summed E-state index contributed by atoms with van der Waals surface area (Å²) in [4.78, 5) is 16.3. The molecule has 190 valence electrons. The quantitative estimate of drug-likeness (QED) is 0.449. The van der Waals surface area contributed by atoms with E-state index >= 15 is 0 Å². The molecule has 0 aromatic heterocycles. The number of piperazine rings is 1. The van der Waals surface area contributed by atoms with Gasteiger partial charge in [0.2, 0.25) is 9.05 Å². The molecule has 0 unspecified atom stereocenters. The number of hydrogen-bond acceptors (Lipinski definition) is 7. The Morgan fingerprint density at radius 2 is 1.62 bits per heavy atom. The Balaban J connectivity index is 1.89. The Hall–Kier alpha value is -1.49. The molecule has 1 amide bonds. The second-order valence-electron chi connectivity index (χ2n) is 11.1. The Kier molecular flexibility index (Phi) is 7.33. The van der Waals surface area contributed by atoms with E-state index in [1.807, 2.05) is 61.5 Å². The van der Waals surface area contributed by atoms with E-state index in [2.05, 4.69) is 4.90 Å². The van der Waals surface area contributed by atoms with Gasteiger partial charge in [0, 0.05) is 42.5 Å². The van der Waals surface area contributed by atoms with E-state index in [0.717, 1.165) is 16.7 Å². The number of carbonyl (C=O) groups is 1. The van der Waals surface area contributed by atoms with Gasteiger partial charge in [0.15, 0.2) is 0 Å². The third-order valence-corrected chi connectivity index (χ3v) is 7.62. The number of halogens is 1. The van der Waals surface area contributed by atoms with Gasteiger partial charge in [-0.1, -0.05) is 6.07 Å². The minimum absolute atomic E-state index is 0.293. The summed E-state index contributed by atoms with van der Waals surface area (Å²) in [6.07, 6.45) is -0.330. The van der Waals surface area contributed by atoms with Gasteiger partial charge in [-0.25, -0.2) is 13.2 Å². The van der Waals surface area contributed by atoms with Crippen LogP contribution < -0.4 is 10.4 Å². The maximum Gasteiger partial charge on any atom is 0.494 e. The summed E-state index contributed by atoms with van der Waals surface area (Å²) >= 11 is 0. The first-order chi connectivity index (χ1) is 15.4. The van der Waals surface area contributed by atoms with Gasteiger partial charge in [0.25, 0.3) is 0 Å². The molecule has 3 rings (SSSR count). The normalized spacial score (nSPS) is 20.6. The van der Waals surface area contributed by atoms with Crippen LogP contribution in [0.5, 0.6) is 0 Å². The fourth-order valence-corrected chi connectivity index (χ4v) is 5.04. The highest BCUT2D eigenvalue weighted by molar-refractivity contribution is 8.13. The number of rotatable bonds is 4. The van der Waals surface area contributed by atoms with Gasteiger partial charge in [-0.05, 0) is 78.0 Å². The molecule has 2 aliphatic heterocycles. The molecule has 1 aromatic rings. The molecule has 2 fully saturated rings. The van der Waals surface area contributed by atoms with E-state index in [4.69, 9.17) is 24.7 Å². The van der Waals surface area contributed by atoms with Crippen molar-refractivity contribution < 1.29 is 27.3 Å². The molecule has 2 heterocycles. The summed E-state index contributed by atoms with van der Waals surface area (Å²) in [7, 11) is 1.22. The van der Waals surface area contributed by atoms with Crippen LogP contribution >= 0.6 is 10.7 Å². The predicted octanol–water partition coefficient (Wildman–Crippen LogP) is 3.42. The molecule has 0 saturated carbocycles. The van der Waals surface area contributed by atoms with Crippen LogP contribution in [-0.2, 0) is 28.8 Å². The molecule has 0 atom stereocenters. The zero-order valence-electron chi connectivity index (χ0n) is 21.4. The minimum Gasteiger partial charge on any atom is -0.444 e. The molecule has 0 aliphatic carbocycles. The van der Waals surface area contributed by atoms with Crippen molar-refractivity contribution in [3.05, 3.63) is 23.3 Å². The molecule has 2 saturated heterocycles. The first kappa shape index (κ1) is 27.1. The summed E-state index contributed by atoms with van der Waals surface area (Å²) in [5.74, 6) is -0.293. The first-order valence-corrected chi connectivity index (χ1v) is 14.0. The van der Waals surface area contributed by atoms with Gasteiger partial charge in [-0.15, -0.1) is 0 Å². The summed E-state index contributed by atoms with van der Waals surface area (Å²) in [5, 5.41) is 0. The highest BCUT2D eigenvalue weighted by atomic mass is 35.7. The van der Waals surface area contributed by atoms with Crippen LogP contribution in [0.3, 0.4) is 0 Å². The Labute approximate surface area is 208 Å². The van der Waals surface area contributed by atoms with Gasteiger partial charge in [0.1, 0.15) is 5.60 Å². The van der Waals surface area contributed by atoms with Crippen LogP contribution in [0.25, 0.3) is 0 Å². The topological polar surface area (TPSA) is 85.4 Å². The third-order valence-electron chi connectivity index (χ3n) is 6.64. The highest BCUT2D eigenvalue weighted by Gasteiger charge is 2.52. The van der Waals surface area contributed by atoms with E-state index in [9.17, 15) is 13.2 Å². The number of ether oxygens (including phenoxy) is 1. The van der Waals surface area contributed by atoms with Crippen molar-refractivity contribution in [1.29, 1.82) is 0 Å². The molecule has 2 aliphatic rings. The van der Waals surface area contributed by atoms with E-state index in [0.29, 0.717) is 31.7 Å². The average molecular weight is 515 g/mol. The van der Waals surface area contributed by atoms with Crippen LogP contribution in [0.15, 0.2) is 12.1 Å².